The van der Waals surface area contributed by atoms with Crippen molar-refractivity contribution >= 4 is 19.2 Å². The van der Waals surface area contributed by atoms with E-state index in [9.17, 15) is 17.7 Å². The Kier molecular flexibility index (Phi) is 5.40. The van der Waals surface area contributed by atoms with E-state index in [1.54, 1.807) is 6.07 Å². The molecule has 0 unspecified atom stereocenters. The molecule has 0 N–H and O–H groups in total. The van der Waals surface area contributed by atoms with Crippen LogP contribution in [0.5, 0.6) is 5.75 Å². The molecule has 0 saturated carbocycles. The smallest absolute Gasteiger partial charge is 0.419 e. The molecule has 0 bridgehead atoms. The number of alkyl halides is 3. The summed E-state index contributed by atoms with van der Waals surface area (Å²) >= 11 is 5.70. The van der Waals surface area contributed by atoms with Gasteiger partial charge in [-0.25, -0.2) is 4.57 Å². The SMILES string of the molecule is C[P@@](=O)(Oc1ccc(Cl)cc1)O[C@@H](c1ccccc1)C(F)(F)F. The molecular weight excluding hydrogens is 352 g/mol. The minimum absolute atomic E-state index is 0.106. The highest BCUT2D eigenvalue weighted by molar-refractivity contribution is 7.53. The van der Waals surface area contributed by atoms with E-state index in [0.717, 1.165) is 6.66 Å². The molecule has 2 atom stereocenters. The number of hydrogen-bond acceptors (Lipinski definition) is 3. The molecule has 0 heterocycles. The highest BCUT2D eigenvalue weighted by Gasteiger charge is 2.45. The van der Waals surface area contributed by atoms with Gasteiger partial charge >= 0.3 is 13.8 Å². The van der Waals surface area contributed by atoms with E-state index in [1.807, 2.05) is 0 Å². The summed E-state index contributed by atoms with van der Waals surface area (Å²) in [6.07, 6.45) is -7.07. The van der Waals surface area contributed by atoms with E-state index in [1.165, 1.54) is 48.5 Å². The summed E-state index contributed by atoms with van der Waals surface area (Å²) in [6.45, 7) is 0.989. The summed E-state index contributed by atoms with van der Waals surface area (Å²) < 4.78 is 61.8. The fraction of sp³-hybridized carbons (Fsp3) is 0.200. The van der Waals surface area contributed by atoms with Crippen molar-refractivity contribution in [1.29, 1.82) is 0 Å². The van der Waals surface area contributed by atoms with Crippen LogP contribution in [0.2, 0.25) is 5.02 Å². The van der Waals surface area contributed by atoms with Crippen molar-refractivity contribution in [2.45, 2.75) is 12.3 Å². The Labute approximate surface area is 136 Å². The van der Waals surface area contributed by atoms with Crippen LogP contribution in [0.4, 0.5) is 13.2 Å². The van der Waals surface area contributed by atoms with Crippen molar-refractivity contribution in [3.05, 3.63) is 65.2 Å². The lowest BCUT2D eigenvalue weighted by Crippen LogP contribution is -2.23. The lowest BCUT2D eigenvalue weighted by Gasteiger charge is -2.24. The summed E-state index contributed by atoms with van der Waals surface area (Å²) in [5, 5.41) is 0.418. The van der Waals surface area contributed by atoms with Crippen LogP contribution in [0.3, 0.4) is 0 Å². The summed E-state index contributed by atoms with van der Waals surface area (Å²) in [4.78, 5) is 0. The Hall–Kier alpha value is -1.49. The largest absolute Gasteiger partial charge is 0.425 e. The fourth-order valence-corrected chi connectivity index (χ4v) is 3.14. The average Bonchev–Trinajstić information content (AvgIpc) is 2.47. The molecule has 124 valence electrons. The summed E-state index contributed by atoms with van der Waals surface area (Å²) in [5.74, 6) is 0.106. The molecule has 2 aromatic carbocycles. The molecule has 0 aliphatic rings. The standard InChI is InChI=1S/C15H13ClF3O3P/c1-23(20,21-13-9-7-12(16)8-10-13)22-14(15(17,18)19)11-5-3-2-4-6-11/h2-10,14H,1H3/t14-,23+/m0/s1. The molecule has 0 saturated heterocycles. The molecule has 3 nitrogen and oxygen atoms in total. The molecule has 0 amide bonds. The maximum atomic E-state index is 13.2. The van der Waals surface area contributed by atoms with Crippen LogP contribution in [0, 0.1) is 0 Å². The van der Waals surface area contributed by atoms with Gasteiger partial charge in [0.1, 0.15) is 5.75 Å². The molecule has 0 fully saturated rings. The highest BCUT2D eigenvalue weighted by atomic mass is 35.5. The number of rotatable bonds is 5. The summed E-state index contributed by atoms with van der Waals surface area (Å²) in [7, 11) is -4.01. The van der Waals surface area contributed by atoms with E-state index in [4.69, 9.17) is 20.6 Å². The topological polar surface area (TPSA) is 35.5 Å². The Morgan fingerprint density at radius 2 is 1.61 bits per heavy atom. The quantitative estimate of drug-likeness (QED) is 0.623. The molecule has 0 spiro atoms. The maximum Gasteiger partial charge on any atom is 0.419 e. The van der Waals surface area contributed by atoms with E-state index >= 15 is 0 Å². The van der Waals surface area contributed by atoms with Crippen LogP contribution in [-0.4, -0.2) is 12.8 Å². The molecule has 0 aliphatic heterocycles. The lowest BCUT2D eigenvalue weighted by molar-refractivity contribution is -0.199. The van der Waals surface area contributed by atoms with Crippen LogP contribution < -0.4 is 4.52 Å². The van der Waals surface area contributed by atoms with E-state index < -0.39 is 19.9 Å². The van der Waals surface area contributed by atoms with Crippen molar-refractivity contribution in [2.75, 3.05) is 6.66 Å². The summed E-state index contributed by atoms with van der Waals surface area (Å²) in [6, 6.07) is 12.7. The second kappa shape index (κ2) is 6.95. The van der Waals surface area contributed by atoms with Gasteiger partial charge in [-0.1, -0.05) is 41.9 Å². The minimum atomic E-state index is -4.73. The molecule has 2 rings (SSSR count). The van der Waals surface area contributed by atoms with E-state index in [-0.39, 0.29) is 11.3 Å². The zero-order valence-corrected chi connectivity index (χ0v) is 13.6. The predicted octanol–water partition coefficient (Wildman–Crippen LogP) is 5.86. The van der Waals surface area contributed by atoms with Crippen LogP contribution in [0.15, 0.2) is 54.6 Å². The third-order valence-corrected chi connectivity index (χ3v) is 4.17. The maximum absolute atomic E-state index is 13.2. The van der Waals surface area contributed by atoms with Crippen LogP contribution in [-0.2, 0) is 9.09 Å². The fourth-order valence-electron chi connectivity index (χ4n) is 1.84. The highest BCUT2D eigenvalue weighted by Crippen LogP contribution is 2.52. The van der Waals surface area contributed by atoms with Gasteiger partial charge in [0.25, 0.3) is 0 Å². The molecular formula is C15H13ClF3O3P. The van der Waals surface area contributed by atoms with E-state index in [0.29, 0.717) is 5.02 Å². The molecule has 0 radical (unpaired) electrons. The Morgan fingerprint density at radius 1 is 1.04 bits per heavy atom. The van der Waals surface area contributed by atoms with Gasteiger partial charge in [0.2, 0.25) is 0 Å². The molecule has 23 heavy (non-hydrogen) atoms. The first-order valence-corrected chi connectivity index (χ1v) is 8.87. The van der Waals surface area contributed by atoms with Gasteiger partial charge in [-0.05, 0) is 29.8 Å². The second-order valence-electron chi connectivity index (χ2n) is 4.75. The van der Waals surface area contributed by atoms with E-state index in [2.05, 4.69) is 0 Å². The van der Waals surface area contributed by atoms with Gasteiger partial charge in [0, 0.05) is 11.7 Å². The van der Waals surface area contributed by atoms with Crippen molar-refractivity contribution in [2.24, 2.45) is 0 Å². The first-order valence-electron chi connectivity index (χ1n) is 6.50. The molecule has 0 aromatic heterocycles. The molecule has 0 aliphatic carbocycles. The number of hydrogen-bond donors (Lipinski definition) is 0. The Balaban J connectivity index is 2.21. The summed E-state index contributed by atoms with van der Waals surface area (Å²) in [5.41, 5.74) is -0.151. The minimum Gasteiger partial charge on any atom is -0.425 e. The van der Waals surface area contributed by atoms with Gasteiger partial charge in [-0.15, -0.1) is 0 Å². The Morgan fingerprint density at radius 3 is 2.13 bits per heavy atom. The molecule has 2 aromatic rings. The third kappa shape index (κ3) is 5.27. The predicted molar refractivity (Wildman–Crippen MR) is 81.9 cm³/mol. The van der Waals surface area contributed by atoms with Crippen molar-refractivity contribution in [3.63, 3.8) is 0 Å². The first kappa shape index (κ1) is 17.9. The second-order valence-corrected chi connectivity index (χ2v) is 7.13. The zero-order valence-electron chi connectivity index (χ0n) is 12.0. The van der Waals surface area contributed by atoms with Gasteiger partial charge < -0.3 is 4.52 Å². The first-order chi connectivity index (χ1) is 10.7. The van der Waals surface area contributed by atoms with Crippen molar-refractivity contribution in [3.8, 4) is 5.75 Å². The van der Waals surface area contributed by atoms with Gasteiger partial charge in [-0.2, -0.15) is 13.2 Å². The number of halogens is 4. The normalized spacial score (nSPS) is 15.7. The average molecular weight is 365 g/mol. The number of benzene rings is 2. The van der Waals surface area contributed by atoms with Gasteiger partial charge in [-0.3, -0.25) is 4.52 Å². The van der Waals surface area contributed by atoms with Gasteiger partial charge in [0.15, 0.2) is 6.10 Å². The Bertz CT molecular complexity index is 689. The molecule has 8 heteroatoms. The van der Waals surface area contributed by atoms with Crippen LogP contribution in [0.25, 0.3) is 0 Å². The monoisotopic (exact) mass is 364 g/mol. The van der Waals surface area contributed by atoms with Gasteiger partial charge in [0.05, 0.1) is 0 Å². The lowest BCUT2D eigenvalue weighted by atomic mass is 10.1. The van der Waals surface area contributed by atoms with Crippen molar-refractivity contribution < 1.29 is 26.8 Å². The van der Waals surface area contributed by atoms with Crippen molar-refractivity contribution in [1.82, 2.24) is 0 Å². The third-order valence-electron chi connectivity index (χ3n) is 2.78. The van der Waals surface area contributed by atoms with Crippen LogP contribution >= 0.6 is 19.2 Å². The van der Waals surface area contributed by atoms with Crippen LogP contribution in [0.1, 0.15) is 11.7 Å². The zero-order chi connectivity index (χ0) is 17.1.